The van der Waals surface area contributed by atoms with Gasteiger partial charge < -0.3 is 10.0 Å². The van der Waals surface area contributed by atoms with E-state index in [9.17, 15) is 9.90 Å². The molecule has 1 fully saturated rings. The number of benzene rings is 1. The second kappa shape index (κ2) is 5.47. The van der Waals surface area contributed by atoms with Crippen molar-refractivity contribution in [2.75, 3.05) is 13.2 Å². The summed E-state index contributed by atoms with van der Waals surface area (Å²) in [7, 11) is 0. The molecule has 1 aromatic carbocycles. The zero-order valence-electron chi connectivity index (χ0n) is 10.1. The van der Waals surface area contributed by atoms with Crippen molar-refractivity contribution in [1.29, 1.82) is 0 Å². The molecule has 2 atom stereocenters. The largest absolute Gasteiger partial charge is 0.394 e. The number of rotatable bonds is 2. The Hall–Kier alpha value is -0.770. The van der Waals surface area contributed by atoms with Crippen molar-refractivity contribution in [3.05, 3.63) is 33.8 Å². The summed E-state index contributed by atoms with van der Waals surface area (Å²) in [5, 5.41) is 10.2. The van der Waals surface area contributed by atoms with Crippen LogP contribution in [0.3, 0.4) is 0 Å². The van der Waals surface area contributed by atoms with Gasteiger partial charge in [0.2, 0.25) is 0 Å². The lowest BCUT2D eigenvalue weighted by Crippen LogP contribution is -2.39. The van der Waals surface area contributed by atoms with Crippen molar-refractivity contribution >= 4 is 29.1 Å². The molecule has 2 unspecified atom stereocenters. The van der Waals surface area contributed by atoms with Gasteiger partial charge in [0, 0.05) is 11.6 Å². The van der Waals surface area contributed by atoms with E-state index in [0.29, 0.717) is 28.1 Å². The van der Waals surface area contributed by atoms with E-state index < -0.39 is 0 Å². The molecule has 3 nitrogen and oxygen atoms in total. The number of carbonyl (C=O) groups is 1. The highest BCUT2D eigenvalue weighted by Gasteiger charge is 2.34. The molecule has 1 saturated heterocycles. The maximum atomic E-state index is 12.4. The van der Waals surface area contributed by atoms with Crippen LogP contribution < -0.4 is 0 Å². The van der Waals surface area contributed by atoms with Crippen LogP contribution in [0.25, 0.3) is 0 Å². The first-order valence-corrected chi connectivity index (χ1v) is 6.67. The van der Waals surface area contributed by atoms with Gasteiger partial charge in [-0.2, -0.15) is 0 Å². The predicted octanol–water partition coefficient (Wildman–Crippen LogP) is 2.84. The first-order valence-electron chi connectivity index (χ1n) is 5.91. The summed E-state index contributed by atoms with van der Waals surface area (Å²) >= 11 is 11.8. The lowest BCUT2D eigenvalue weighted by molar-refractivity contribution is 0.0648. The van der Waals surface area contributed by atoms with Crippen LogP contribution in [0.5, 0.6) is 0 Å². The third-order valence-electron chi connectivity index (χ3n) is 3.49. The Balaban J connectivity index is 2.26. The first kappa shape index (κ1) is 13.7. The second-order valence-electron chi connectivity index (χ2n) is 4.64. The molecule has 0 spiro atoms. The van der Waals surface area contributed by atoms with Crippen LogP contribution >= 0.6 is 23.2 Å². The second-order valence-corrected chi connectivity index (χ2v) is 5.48. The van der Waals surface area contributed by atoms with Gasteiger partial charge in [0.15, 0.2) is 0 Å². The molecule has 1 aliphatic heterocycles. The van der Waals surface area contributed by atoms with Crippen LogP contribution in [-0.2, 0) is 0 Å². The number of nitrogens with zero attached hydrogens (tertiary/aromatic N) is 1. The number of halogens is 2. The molecule has 18 heavy (non-hydrogen) atoms. The SMILES string of the molecule is CC1CCN(C(=O)c2ccc(Cl)cc2Cl)C1CO. The fourth-order valence-electron chi connectivity index (χ4n) is 2.36. The number of aliphatic hydroxyl groups excluding tert-OH is 1. The molecule has 1 N–H and O–H groups in total. The maximum Gasteiger partial charge on any atom is 0.255 e. The van der Waals surface area contributed by atoms with E-state index in [4.69, 9.17) is 23.2 Å². The molecule has 1 aromatic rings. The standard InChI is InChI=1S/C13H15Cl2NO2/c1-8-4-5-16(12(8)7-17)13(18)10-3-2-9(14)6-11(10)15/h2-3,6,8,12,17H,4-5,7H2,1H3. The minimum Gasteiger partial charge on any atom is -0.394 e. The average Bonchev–Trinajstić information content (AvgIpc) is 2.69. The van der Waals surface area contributed by atoms with E-state index in [-0.39, 0.29) is 18.6 Å². The van der Waals surface area contributed by atoms with Gasteiger partial charge in [0.05, 0.1) is 23.2 Å². The lowest BCUT2D eigenvalue weighted by Gasteiger charge is -2.25. The monoisotopic (exact) mass is 287 g/mol. The Morgan fingerprint density at radius 2 is 2.22 bits per heavy atom. The van der Waals surface area contributed by atoms with Crippen molar-refractivity contribution in [3.63, 3.8) is 0 Å². The third-order valence-corrected chi connectivity index (χ3v) is 4.04. The zero-order chi connectivity index (χ0) is 13.3. The summed E-state index contributed by atoms with van der Waals surface area (Å²) in [5.41, 5.74) is 0.439. The molecule has 1 heterocycles. The van der Waals surface area contributed by atoms with Gasteiger partial charge >= 0.3 is 0 Å². The number of likely N-dealkylation sites (tertiary alicyclic amines) is 1. The fraction of sp³-hybridized carbons (Fsp3) is 0.462. The molecular weight excluding hydrogens is 273 g/mol. The number of aliphatic hydroxyl groups is 1. The molecule has 5 heteroatoms. The van der Waals surface area contributed by atoms with Crippen molar-refractivity contribution < 1.29 is 9.90 Å². The van der Waals surface area contributed by atoms with E-state index in [1.165, 1.54) is 0 Å². The number of hydrogen-bond donors (Lipinski definition) is 1. The summed E-state index contributed by atoms with van der Waals surface area (Å²) in [6, 6.07) is 4.71. The molecule has 0 aliphatic carbocycles. The molecule has 0 radical (unpaired) electrons. The Morgan fingerprint density at radius 3 is 2.83 bits per heavy atom. The normalized spacial score (nSPS) is 23.4. The van der Waals surface area contributed by atoms with E-state index in [0.717, 1.165) is 6.42 Å². The van der Waals surface area contributed by atoms with Gasteiger partial charge in [0.25, 0.3) is 5.91 Å². The highest BCUT2D eigenvalue weighted by atomic mass is 35.5. The number of hydrogen-bond acceptors (Lipinski definition) is 2. The lowest BCUT2D eigenvalue weighted by atomic mass is 10.0. The molecule has 1 aliphatic rings. The summed E-state index contributed by atoms with van der Waals surface area (Å²) in [6.07, 6.45) is 0.905. The van der Waals surface area contributed by atoms with Crippen LogP contribution in [0.2, 0.25) is 10.0 Å². The van der Waals surface area contributed by atoms with Crippen molar-refractivity contribution in [2.24, 2.45) is 5.92 Å². The van der Waals surface area contributed by atoms with Crippen molar-refractivity contribution in [3.8, 4) is 0 Å². The Labute approximate surface area is 116 Å². The van der Waals surface area contributed by atoms with Crippen LogP contribution in [0, 0.1) is 5.92 Å². The fourth-order valence-corrected chi connectivity index (χ4v) is 2.85. The van der Waals surface area contributed by atoms with Crippen LogP contribution in [-0.4, -0.2) is 35.1 Å². The van der Waals surface area contributed by atoms with Gasteiger partial charge in [-0.3, -0.25) is 4.79 Å². The number of amides is 1. The van der Waals surface area contributed by atoms with Gasteiger partial charge in [-0.05, 0) is 30.5 Å². The summed E-state index contributed by atoms with van der Waals surface area (Å²) in [6.45, 7) is 2.68. The Morgan fingerprint density at radius 1 is 1.50 bits per heavy atom. The van der Waals surface area contributed by atoms with Gasteiger partial charge in [-0.1, -0.05) is 30.1 Å². The van der Waals surface area contributed by atoms with E-state index in [1.54, 1.807) is 23.1 Å². The molecule has 2 rings (SSSR count). The average molecular weight is 288 g/mol. The Bertz CT molecular complexity index is 464. The molecule has 0 saturated carbocycles. The minimum atomic E-state index is -0.139. The highest BCUT2D eigenvalue weighted by Crippen LogP contribution is 2.28. The molecule has 1 amide bonds. The quantitative estimate of drug-likeness (QED) is 0.909. The van der Waals surface area contributed by atoms with Crippen LogP contribution in [0.15, 0.2) is 18.2 Å². The van der Waals surface area contributed by atoms with E-state index >= 15 is 0 Å². The molecule has 0 aromatic heterocycles. The zero-order valence-corrected chi connectivity index (χ0v) is 11.6. The van der Waals surface area contributed by atoms with Crippen LogP contribution in [0.1, 0.15) is 23.7 Å². The maximum absolute atomic E-state index is 12.4. The molecule has 98 valence electrons. The van der Waals surface area contributed by atoms with Crippen LogP contribution in [0.4, 0.5) is 0 Å². The summed E-state index contributed by atoms with van der Waals surface area (Å²) < 4.78 is 0. The smallest absolute Gasteiger partial charge is 0.255 e. The molecular formula is C13H15Cl2NO2. The Kier molecular flexibility index (Phi) is 4.15. The summed E-state index contributed by atoms with van der Waals surface area (Å²) in [5.74, 6) is 0.171. The van der Waals surface area contributed by atoms with Crippen molar-refractivity contribution in [2.45, 2.75) is 19.4 Å². The van der Waals surface area contributed by atoms with Gasteiger partial charge in [0.1, 0.15) is 0 Å². The summed E-state index contributed by atoms with van der Waals surface area (Å²) in [4.78, 5) is 14.1. The van der Waals surface area contributed by atoms with E-state index in [2.05, 4.69) is 0 Å². The predicted molar refractivity (Wildman–Crippen MR) is 72.2 cm³/mol. The van der Waals surface area contributed by atoms with Gasteiger partial charge in [-0.15, -0.1) is 0 Å². The third kappa shape index (κ3) is 2.48. The van der Waals surface area contributed by atoms with E-state index in [1.807, 2.05) is 6.92 Å². The minimum absolute atomic E-state index is 0.0158. The number of carbonyl (C=O) groups excluding carboxylic acids is 1. The highest BCUT2D eigenvalue weighted by molar-refractivity contribution is 6.36. The molecule has 0 bridgehead atoms. The van der Waals surface area contributed by atoms with Gasteiger partial charge in [-0.25, -0.2) is 0 Å². The first-order chi connectivity index (χ1) is 8.54. The topological polar surface area (TPSA) is 40.5 Å². The van der Waals surface area contributed by atoms with Crippen molar-refractivity contribution in [1.82, 2.24) is 4.90 Å².